The molecule has 1 aliphatic heterocycles. The molecule has 2 N–H and O–H groups in total. The molecule has 7 heteroatoms. The van der Waals surface area contributed by atoms with E-state index in [0.29, 0.717) is 24.2 Å². The molecule has 0 spiro atoms. The Bertz CT molecular complexity index is 732. The van der Waals surface area contributed by atoms with E-state index in [9.17, 15) is 22.8 Å². The lowest BCUT2D eigenvalue weighted by atomic mass is 9.48. The molecule has 0 aromatic heterocycles. The molecule has 4 nitrogen and oxygen atoms in total. The third-order valence-electron chi connectivity index (χ3n) is 9.16. The normalized spacial score (nSPS) is 42.7. The topological polar surface area (TPSA) is 58.2 Å². The van der Waals surface area contributed by atoms with Crippen molar-refractivity contribution in [1.29, 1.82) is 0 Å². The van der Waals surface area contributed by atoms with Gasteiger partial charge in [-0.2, -0.15) is 0 Å². The van der Waals surface area contributed by atoms with Gasteiger partial charge in [-0.1, -0.05) is 19.9 Å². The number of carbonyl (C=O) groups is 2. The highest BCUT2D eigenvalue weighted by Gasteiger charge is 2.61. The van der Waals surface area contributed by atoms with Crippen LogP contribution in [0.5, 0.6) is 0 Å². The van der Waals surface area contributed by atoms with Crippen LogP contribution in [0.1, 0.15) is 52.4 Å². The molecule has 0 saturated heterocycles. The van der Waals surface area contributed by atoms with E-state index in [1.54, 1.807) is 6.08 Å². The Morgan fingerprint density at radius 3 is 2.47 bits per heavy atom. The number of amides is 2. The molecule has 4 rings (SSSR count). The van der Waals surface area contributed by atoms with Crippen molar-refractivity contribution < 1.29 is 22.8 Å². The molecule has 2 amide bonds. The Balaban J connectivity index is 1.55. The molecule has 1 heterocycles. The first-order chi connectivity index (χ1) is 14.2. The van der Waals surface area contributed by atoms with Crippen molar-refractivity contribution >= 4 is 11.8 Å². The maximum atomic E-state index is 13.3. The van der Waals surface area contributed by atoms with Gasteiger partial charge in [0.25, 0.3) is 0 Å². The molecule has 0 radical (unpaired) electrons. The Morgan fingerprint density at radius 1 is 1.10 bits per heavy atom. The summed E-state index contributed by atoms with van der Waals surface area (Å²) in [7, 11) is 0. The minimum atomic E-state index is -2.04. The predicted molar refractivity (Wildman–Crippen MR) is 108 cm³/mol. The molecule has 7 atom stereocenters. The first-order valence-electron chi connectivity index (χ1n) is 11.2. The van der Waals surface area contributed by atoms with E-state index in [1.807, 2.05) is 0 Å². The Morgan fingerprint density at radius 2 is 1.80 bits per heavy atom. The van der Waals surface area contributed by atoms with Gasteiger partial charge in [-0.05, 0) is 67.8 Å². The number of hydrogen-bond donors (Lipinski definition) is 2. The molecule has 30 heavy (non-hydrogen) atoms. The second-order valence-electron chi connectivity index (χ2n) is 10.6. The molecule has 168 valence electrons. The molecular formula is C23H33F3N2O2. The first-order valence-corrected chi connectivity index (χ1v) is 11.2. The van der Waals surface area contributed by atoms with Crippen LogP contribution in [0.3, 0.4) is 0 Å². The van der Waals surface area contributed by atoms with Gasteiger partial charge >= 0.3 is 0 Å². The Labute approximate surface area is 176 Å². The molecule has 3 fully saturated rings. The Hall–Kier alpha value is -1.53. The fourth-order valence-corrected chi connectivity index (χ4v) is 7.32. The fraction of sp³-hybridized carbons (Fsp3) is 0.826. The molecule has 0 bridgehead atoms. The van der Waals surface area contributed by atoms with Crippen LogP contribution >= 0.6 is 0 Å². The van der Waals surface area contributed by atoms with Gasteiger partial charge in [-0.15, -0.1) is 0 Å². The van der Waals surface area contributed by atoms with E-state index in [2.05, 4.69) is 30.6 Å². The van der Waals surface area contributed by atoms with Crippen molar-refractivity contribution in [2.75, 3.05) is 20.0 Å². The highest BCUT2D eigenvalue weighted by Crippen LogP contribution is 2.65. The zero-order valence-electron chi connectivity index (χ0n) is 17.9. The maximum Gasteiger partial charge on any atom is 0.243 e. The van der Waals surface area contributed by atoms with Gasteiger partial charge in [0.15, 0.2) is 0 Å². The zero-order chi connectivity index (χ0) is 21.7. The van der Waals surface area contributed by atoms with Gasteiger partial charge in [-0.3, -0.25) is 9.59 Å². The van der Waals surface area contributed by atoms with Crippen LogP contribution in [0, 0.1) is 34.5 Å². The monoisotopic (exact) mass is 426 g/mol. The van der Waals surface area contributed by atoms with Crippen LogP contribution in [0.15, 0.2) is 12.2 Å². The lowest BCUT2D eigenvalue weighted by Gasteiger charge is -2.58. The predicted octanol–water partition coefficient (Wildman–Crippen LogP) is 3.66. The lowest BCUT2D eigenvalue weighted by molar-refractivity contribution is -0.136. The zero-order valence-corrected chi connectivity index (χ0v) is 17.9. The highest BCUT2D eigenvalue weighted by atomic mass is 19.1. The van der Waals surface area contributed by atoms with Gasteiger partial charge in [0, 0.05) is 17.4 Å². The Kier molecular flexibility index (Phi) is 5.46. The number of nitrogens with one attached hydrogen (secondary N) is 2. The van der Waals surface area contributed by atoms with Gasteiger partial charge in [0.2, 0.25) is 11.8 Å². The SMILES string of the molecule is C[C@]12C=CC(=O)N[C@@H]1CC[C@@H]1[C@@H]2CC[C@]2(C)[C@@H](C(=O)NC(CF)(CF)CF)CC[C@@H]12. The standard InChI is InChI=1S/C23H33F3N2O2/c1-21-9-7-16-14(3-6-18-22(16,2)10-8-19(29)27-18)15(21)4-5-17(21)20(30)28-23(11-24,12-25)13-26/h8,10,14-18H,3-7,9,11-13H2,1-2H3,(H,27,29)(H,28,30)/t14-,15-,16-,17+,18+,21-,22+/m0/s1. The van der Waals surface area contributed by atoms with E-state index in [4.69, 9.17) is 0 Å². The second kappa shape index (κ2) is 7.56. The summed E-state index contributed by atoms with van der Waals surface area (Å²) >= 11 is 0. The van der Waals surface area contributed by atoms with Crippen molar-refractivity contribution in [3.63, 3.8) is 0 Å². The van der Waals surface area contributed by atoms with Gasteiger partial charge < -0.3 is 10.6 Å². The number of alkyl halides is 3. The van der Waals surface area contributed by atoms with E-state index < -0.39 is 31.5 Å². The van der Waals surface area contributed by atoms with Gasteiger partial charge in [0.1, 0.15) is 25.6 Å². The molecule has 4 aliphatic rings. The molecular weight excluding hydrogens is 393 g/mol. The van der Waals surface area contributed by atoms with Gasteiger partial charge in [-0.25, -0.2) is 13.2 Å². The maximum absolute atomic E-state index is 13.3. The molecule has 0 unspecified atom stereocenters. The minimum Gasteiger partial charge on any atom is -0.349 e. The quantitative estimate of drug-likeness (QED) is 0.705. The lowest BCUT2D eigenvalue weighted by Crippen LogP contribution is -2.60. The number of hydrogen-bond acceptors (Lipinski definition) is 2. The second-order valence-corrected chi connectivity index (χ2v) is 10.6. The third-order valence-corrected chi connectivity index (χ3v) is 9.16. The van der Waals surface area contributed by atoms with Crippen LogP contribution in [0.4, 0.5) is 13.2 Å². The third kappa shape index (κ3) is 3.10. The van der Waals surface area contributed by atoms with E-state index in [1.165, 1.54) is 0 Å². The van der Waals surface area contributed by atoms with Crippen LogP contribution < -0.4 is 10.6 Å². The summed E-state index contributed by atoms with van der Waals surface area (Å²) in [6, 6.07) is 0.153. The highest BCUT2D eigenvalue weighted by molar-refractivity contribution is 5.89. The van der Waals surface area contributed by atoms with Crippen molar-refractivity contribution in [1.82, 2.24) is 10.6 Å². The number of fused-ring (bicyclic) bond motifs is 5. The summed E-state index contributed by atoms with van der Waals surface area (Å²) < 4.78 is 39.9. The number of carbonyl (C=O) groups excluding carboxylic acids is 2. The largest absolute Gasteiger partial charge is 0.349 e. The average Bonchev–Trinajstić information content (AvgIpc) is 3.10. The number of halogens is 3. The minimum absolute atomic E-state index is 0.0220. The van der Waals surface area contributed by atoms with Crippen LogP contribution in [0.2, 0.25) is 0 Å². The molecule has 3 aliphatic carbocycles. The summed E-state index contributed by atoms with van der Waals surface area (Å²) in [4.78, 5) is 24.9. The first kappa shape index (κ1) is 21.7. The number of rotatable bonds is 5. The van der Waals surface area contributed by atoms with E-state index >= 15 is 0 Å². The van der Waals surface area contributed by atoms with Crippen molar-refractivity contribution in [3.05, 3.63) is 12.2 Å². The smallest absolute Gasteiger partial charge is 0.243 e. The van der Waals surface area contributed by atoms with Crippen molar-refractivity contribution in [2.24, 2.45) is 34.5 Å². The molecule has 0 aromatic carbocycles. The summed E-state index contributed by atoms with van der Waals surface area (Å²) in [5, 5.41) is 5.52. The van der Waals surface area contributed by atoms with Crippen molar-refractivity contribution in [2.45, 2.75) is 64.0 Å². The summed E-state index contributed by atoms with van der Waals surface area (Å²) in [5.74, 6) is 0.471. The summed E-state index contributed by atoms with van der Waals surface area (Å²) in [5.41, 5.74) is -2.37. The molecule has 3 saturated carbocycles. The van der Waals surface area contributed by atoms with Crippen molar-refractivity contribution in [3.8, 4) is 0 Å². The van der Waals surface area contributed by atoms with E-state index in [0.717, 1.165) is 32.1 Å². The van der Waals surface area contributed by atoms with Crippen LogP contribution in [0.25, 0.3) is 0 Å². The summed E-state index contributed by atoms with van der Waals surface area (Å²) in [6.07, 6.45) is 9.06. The van der Waals surface area contributed by atoms with Crippen LogP contribution in [-0.2, 0) is 9.59 Å². The van der Waals surface area contributed by atoms with Crippen LogP contribution in [-0.4, -0.2) is 43.4 Å². The molecule has 0 aromatic rings. The average molecular weight is 427 g/mol. The van der Waals surface area contributed by atoms with E-state index in [-0.39, 0.29) is 28.7 Å². The van der Waals surface area contributed by atoms with Gasteiger partial charge in [0.05, 0.1) is 0 Å². The fourth-order valence-electron chi connectivity index (χ4n) is 7.32. The summed E-state index contributed by atoms with van der Waals surface area (Å²) in [6.45, 7) is 0.633.